The van der Waals surface area contributed by atoms with E-state index in [1.807, 2.05) is 0 Å². The van der Waals surface area contributed by atoms with Crippen LogP contribution in [0.4, 0.5) is 18.9 Å². The Morgan fingerprint density at radius 3 is 2.14 bits per heavy atom. The minimum Gasteiger partial charge on any atom is -0.383 e. The van der Waals surface area contributed by atoms with E-state index in [0.29, 0.717) is 21.3 Å². The molecule has 0 saturated carbocycles. The fraction of sp³-hybridized carbons (Fsp3) is 0.0714. The van der Waals surface area contributed by atoms with E-state index in [1.54, 1.807) is 12.1 Å². The van der Waals surface area contributed by atoms with Crippen LogP contribution in [-0.4, -0.2) is 5.84 Å². The van der Waals surface area contributed by atoms with Crippen LogP contribution in [0.25, 0.3) is 0 Å². The van der Waals surface area contributed by atoms with E-state index >= 15 is 0 Å². The smallest absolute Gasteiger partial charge is 0.383 e. The van der Waals surface area contributed by atoms with Crippen LogP contribution in [-0.2, 0) is 6.18 Å². The van der Waals surface area contributed by atoms with Gasteiger partial charge in [-0.2, -0.15) is 13.2 Å². The number of halogens is 5. The Morgan fingerprint density at radius 2 is 1.62 bits per heavy atom. The fourth-order valence-corrected chi connectivity index (χ4v) is 2.13. The maximum absolute atomic E-state index is 12.4. The zero-order valence-corrected chi connectivity index (χ0v) is 12.0. The summed E-state index contributed by atoms with van der Waals surface area (Å²) < 4.78 is 37.3. The summed E-state index contributed by atoms with van der Waals surface area (Å²) in [4.78, 5) is 4.04. The first-order valence-corrected chi connectivity index (χ1v) is 6.50. The second kappa shape index (κ2) is 5.95. The van der Waals surface area contributed by atoms with Gasteiger partial charge in [0, 0.05) is 10.6 Å². The molecule has 0 radical (unpaired) electrons. The second-order valence-electron chi connectivity index (χ2n) is 4.17. The number of benzene rings is 2. The average molecular weight is 333 g/mol. The second-order valence-corrected chi connectivity index (χ2v) is 5.01. The number of alkyl halides is 3. The molecule has 0 aromatic heterocycles. The van der Waals surface area contributed by atoms with Crippen molar-refractivity contribution in [1.29, 1.82) is 0 Å². The SMILES string of the molecule is NC(=Nc1ccc(C(F)(F)F)cc1)c1ccc(Cl)cc1Cl. The number of hydrogen-bond donors (Lipinski definition) is 1. The summed E-state index contributed by atoms with van der Waals surface area (Å²) in [6.45, 7) is 0. The molecule has 2 aromatic rings. The van der Waals surface area contributed by atoms with E-state index < -0.39 is 11.7 Å². The quantitative estimate of drug-likeness (QED) is 0.606. The molecule has 2 aromatic carbocycles. The van der Waals surface area contributed by atoms with Gasteiger partial charge in [0.1, 0.15) is 5.84 Å². The molecule has 0 aliphatic heterocycles. The molecule has 0 fully saturated rings. The maximum Gasteiger partial charge on any atom is 0.416 e. The molecule has 2 rings (SSSR count). The molecule has 0 spiro atoms. The van der Waals surface area contributed by atoms with E-state index in [9.17, 15) is 13.2 Å². The standard InChI is InChI=1S/C14H9Cl2F3N2/c15-9-3-6-11(12(16)7-9)13(20)21-10-4-1-8(2-5-10)14(17,18)19/h1-7H,(H2,20,21). The molecule has 0 amide bonds. The molecule has 0 atom stereocenters. The van der Waals surface area contributed by atoms with E-state index in [-0.39, 0.29) is 5.84 Å². The van der Waals surface area contributed by atoms with Crippen LogP contribution < -0.4 is 5.73 Å². The summed E-state index contributed by atoms with van der Waals surface area (Å²) in [6.07, 6.45) is -4.38. The molecule has 0 aliphatic rings. The molecule has 0 bridgehead atoms. The molecule has 21 heavy (non-hydrogen) atoms. The summed E-state index contributed by atoms with van der Waals surface area (Å²) in [7, 11) is 0. The van der Waals surface area contributed by atoms with Gasteiger partial charge in [0.25, 0.3) is 0 Å². The van der Waals surface area contributed by atoms with Gasteiger partial charge in [0.05, 0.1) is 16.3 Å². The molecule has 0 saturated heterocycles. The van der Waals surface area contributed by atoms with Crippen molar-refractivity contribution < 1.29 is 13.2 Å². The highest BCUT2D eigenvalue weighted by molar-refractivity contribution is 6.36. The Bertz CT molecular complexity index is 680. The van der Waals surface area contributed by atoms with Gasteiger partial charge in [0.15, 0.2) is 0 Å². The normalized spacial score (nSPS) is 12.5. The number of aliphatic imine (C=N–C) groups is 1. The van der Waals surface area contributed by atoms with Crippen LogP contribution in [0.3, 0.4) is 0 Å². The van der Waals surface area contributed by atoms with Gasteiger partial charge in [0.2, 0.25) is 0 Å². The molecular weight excluding hydrogens is 324 g/mol. The van der Waals surface area contributed by atoms with Gasteiger partial charge in [-0.05, 0) is 42.5 Å². The van der Waals surface area contributed by atoms with Crippen molar-refractivity contribution >= 4 is 34.7 Å². The summed E-state index contributed by atoms with van der Waals surface area (Å²) in [6, 6.07) is 9.04. The Morgan fingerprint density at radius 1 is 1.00 bits per heavy atom. The van der Waals surface area contributed by atoms with Crippen molar-refractivity contribution in [3.63, 3.8) is 0 Å². The summed E-state index contributed by atoms with van der Waals surface area (Å²) in [5.41, 5.74) is 5.81. The minimum absolute atomic E-state index is 0.0939. The molecule has 0 aliphatic carbocycles. The zero-order chi connectivity index (χ0) is 15.6. The molecule has 110 valence electrons. The summed E-state index contributed by atoms with van der Waals surface area (Å²) in [5, 5.41) is 0.766. The van der Waals surface area contributed by atoms with Crippen LogP contribution in [0.15, 0.2) is 47.5 Å². The highest BCUT2D eigenvalue weighted by Crippen LogP contribution is 2.30. The topological polar surface area (TPSA) is 38.4 Å². The van der Waals surface area contributed by atoms with Crippen molar-refractivity contribution in [1.82, 2.24) is 0 Å². The fourth-order valence-electron chi connectivity index (χ4n) is 1.62. The van der Waals surface area contributed by atoms with Gasteiger partial charge in [-0.3, -0.25) is 0 Å². The molecule has 2 N–H and O–H groups in total. The maximum atomic E-state index is 12.4. The zero-order valence-electron chi connectivity index (χ0n) is 10.5. The van der Waals surface area contributed by atoms with Crippen LogP contribution in [0.5, 0.6) is 0 Å². The average Bonchev–Trinajstić information content (AvgIpc) is 2.38. The lowest BCUT2D eigenvalue weighted by atomic mass is 10.2. The first-order valence-electron chi connectivity index (χ1n) is 5.74. The van der Waals surface area contributed by atoms with Gasteiger partial charge in [-0.1, -0.05) is 23.2 Å². The van der Waals surface area contributed by atoms with Crippen molar-refractivity contribution in [2.24, 2.45) is 10.7 Å². The summed E-state index contributed by atoms with van der Waals surface area (Å²) >= 11 is 11.8. The Kier molecular flexibility index (Phi) is 4.44. The Labute approximate surface area is 129 Å². The van der Waals surface area contributed by atoms with E-state index in [0.717, 1.165) is 12.1 Å². The molecule has 2 nitrogen and oxygen atoms in total. The third-order valence-corrected chi connectivity index (χ3v) is 3.20. The minimum atomic E-state index is -4.38. The van der Waals surface area contributed by atoms with Crippen molar-refractivity contribution in [2.75, 3.05) is 0 Å². The number of amidine groups is 1. The van der Waals surface area contributed by atoms with Crippen LogP contribution in [0.1, 0.15) is 11.1 Å². The van der Waals surface area contributed by atoms with Crippen LogP contribution >= 0.6 is 23.2 Å². The van der Waals surface area contributed by atoms with Crippen molar-refractivity contribution in [3.05, 3.63) is 63.6 Å². The first kappa shape index (κ1) is 15.7. The molecule has 0 heterocycles. The highest BCUT2D eigenvalue weighted by Gasteiger charge is 2.29. The highest BCUT2D eigenvalue weighted by atomic mass is 35.5. The lowest BCUT2D eigenvalue weighted by Crippen LogP contribution is -2.13. The molecule has 0 unspecified atom stereocenters. The predicted molar refractivity (Wildman–Crippen MR) is 78.3 cm³/mol. The number of hydrogen-bond acceptors (Lipinski definition) is 1. The van der Waals surface area contributed by atoms with Crippen molar-refractivity contribution in [3.8, 4) is 0 Å². The van der Waals surface area contributed by atoms with E-state index in [4.69, 9.17) is 28.9 Å². The molecular formula is C14H9Cl2F3N2. The van der Waals surface area contributed by atoms with Crippen LogP contribution in [0.2, 0.25) is 10.0 Å². The van der Waals surface area contributed by atoms with E-state index in [1.165, 1.54) is 18.2 Å². The third-order valence-electron chi connectivity index (χ3n) is 2.65. The van der Waals surface area contributed by atoms with Crippen molar-refractivity contribution in [2.45, 2.75) is 6.18 Å². The third kappa shape index (κ3) is 3.89. The molecule has 7 heteroatoms. The monoisotopic (exact) mass is 332 g/mol. The summed E-state index contributed by atoms with van der Waals surface area (Å²) in [5.74, 6) is 0.0939. The Hall–Kier alpha value is -1.72. The van der Waals surface area contributed by atoms with Gasteiger partial charge >= 0.3 is 6.18 Å². The predicted octanol–water partition coefficient (Wildman–Crippen LogP) is 5.05. The van der Waals surface area contributed by atoms with Gasteiger partial charge in [-0.15, -0.1) is 0 Å². The van der Waals surface area contributed by atoms with Gasteiger partial charge in [-0.25, -0.2) is 4.99 Å². The lowest BCUT2D eigenvalue weighted by molar-refractivity contribution is -0.137. The largest absolute Gasteiger partial charge is 0.416 e. The number of nitrogens with zero attached hydrogens (tertiary/aromatic N) is 1. The van der Waals surface area contributed by atoms with Crippen LogP contribution in [0, 0.1) is 0 Å². The van der Waals surface area contributed by atoms with E-state index in [2.05, 4.69) is 4.99 Å². The first-order chi connectivity index (χ1) is 9.77. The number of rotatable bonds is 2. The van der Waals surface area contributed by atoms with Gasteiger partial charge < -0.3 is 5.73 Å². The number of nitrogens with two attached hydrogens (primary N) is 1. The lowest BCUT2D eigenvalue weighted by Gasteiger charge is -2.07. The Balaban J connectivity index is 2.30.